The molecule has 1 aromatic rings. The molecular formula is C10H13BrN2O2. The number of esters is 1. The molecule has 1 heterocycles. The highest BCUT2D eigenvalue weighted by molar-refractivity contribution is 9.09. The standard InChI is InChI=1S/C10H13BrN2O2/c1-13-9(10(14)15-2)8(7-12-13)5-3-4-6-11/h3,5,7H,4,6H2,1-2H3. The maximum atomic E-state index is 11.4. The molecule has 0 bridgehead atoms. The minimum Gasteiger partial charge on any atom is -0.464 e. The minimum atomic E-state index is -0.367. The molecule has 5 heteroatoms. The van der Waals surface area contributed by atoms with Crippen molar-refractivity contribution in [2.45, 2.75) is 6.42 Å². The molecule has 1 aromatic heterocycles. The predicted molar refractivity (Wildman–Crippen MR) is 62.0 cm³/mol. The lowest BCUT2D eigenvalue weighted by Crippen LogP contribution is -2.09. The first-order valence-corrected chi connectivity index (χ1v) is 5.65. The summed E-state index contributed by atoms with van der Waals surface area (Å²) in [5.41, 5.74) is 1.26. The monoisotopic (exact) mass is 272 g/mol. The van der Waals surface area contributed by atoms with Gasteiger partial charge in [0.05, 0.1) is 13.3 Å². The van der Waals surface area contributed by atoms with Crippen LogP contribution < -0.4 is 0 Å². The highest BCUT2D eigenvalue weighted by atomic mass is 79.9. The van der Waals surface area contributed by atoms with Crippen LogP contribution in [0.5, 0.6) is 0 Å². The van der Waals surface area contributed by atoms with Crippen molar-refractivity contribution < 1.29 is 9.53 Å². The maximum Gasteiger partial charge on any atom is 0.356 e. The van der Waals surface area contributed by atoms with Crippen molar-refractivity contribution in [3.63, 3.8) is 0 Å². The van der Waals surface area contributed by atoms with Gasteiger partial charge < -0.3 is 4.74 Å². The van der Waals surface area contributed by atoms with Gasteiger partial charge in [-0.15, -0.1) is 0 Å². The number of carbonyl (C=O) groups excluding carboxylic acids is 1. The van der Waals surface area contributed by atoms with E-state index in [0.717, 1.165) is 17.3 Å². The zero-order chi connectivity index (χ0) is 11.3. The third-order valence-corrected chi connectivity index (χ3v) is 2.38. The summed E-state index contributed by atoms with van der Waals surface area (Å²) >= 11 is 3.33. The van der Waals surface area contributed by atoms with Gasteiger partial charge in [0.2, 0.25) is 0 Å². The van der Waals surface area contributed by atoms with Crippen molar-refractivity contribution in [2.24, 2.45) is 7.05 Å². The van der Waals surface area contributed by atoms with E-state index in [1.807, 2.05) is 12.2 Å². The molecular weight excluding hydrogens is 260 g/mol. The summed E-state index contributed by atoms with van der Waals surface area (Å²) in [5, 5.41) is 4.92. The van der Waals surface area contributed by atoms with Crippen LogP contribution in [0.4, 0.5) is 0 Å². The Kier molecular flexibility index (Phi) is 4.55. The largest absolute Gasteiger partial charge is 0.464 e. The average molecular weight is 273 g/mol. The molecule has 0 atom stereocenters. The summed E-state index contributed by atoms with van der Waals surface area (Å²) in [5.74, 6) is -0.367. The number of hydrogen-bond acceptors (Lipinski definition) is 3. The molecule has 0 amide bonds. The minimum absolute atomic E-state index is 0.367. The van der Waals surface area contributed by atoms with E-state index < -0.39 is 0 Å². The van der Waals surface area contributed by atoms with E-state index in [1.54, 1.807) is 13.2 Å². The maximum absolute atomic E-state index is 11.4. The number of nitrogens with zero attached hydrogens (tertiary/aromatic N) is 2. The van der Waals surface area contributed by atoms with Crippen molar-refractivity contribution in [3.8, 4) is 0 Å². The molecule has 0 spiro atoms. The van der Waals surface area contributed by atoms with Gasteiger partial charge in [0.1, 0.15) is 0 Å². The van der Waals surface area contributed by atoms with Gasteiger partial charge in [-0.2, -0.15) is 5.10 Å². The number of ether oxygens (including phenoxy) is 1. The van der Waals surface area contributed by atoms with Gasteiger partial charge in [-0.3, -0.25) is 4.68 Å². The third kappa shape index (κ3) is 2.92. The van der Waals surface area contributed by atoms with Crippen molar-refractivity contribution in [1.29, 1.82) is 0 Å². The Morgan fingerprint density at radius 1 is 1.73 bits per heavy atom. The fraction of sp³-hybridized carbons (Fsp3) is 0.400. The molecule has 15 heavy (non-hydrogen) atoms. The van der Waals surface area contributed by atoms with Crippen LogP contribution in [0.25, 0.3) is 6.08 Å². The van der Waals surface area contributed by atoms with Crippen LogP contribution in [-0.4, -0.2) is 28.2 Å². The molecule has 0 unspecified atom stereocenters. The van der Waals surface area contributed by atoms with Crippen molar-refractivity contribution >= 4 is 28.0 Å². The number of aromatic nitrogens is 2. The Morgan fingerprint density at radius 2 is 2.47 bits per heavy atom. The molecule has 82 valence electrons. The topological polar surface area (TPSA) is 44.1 Å². The normalized spacial score (nSPS) is 10.9. The molecule has 0 aliphatic rings. The highest BCUT2D eigenvalue weighted by Gasteiger charge is 2.14. The molecule has 0 fully saturated rings. The summed E-state index contributed by atoms with van der Waals surface area (Å²) in [6.07, 6.45) is 6.42. The van der Waals surface area contributed by atoms with Crippen LogP contribution in [0.3, 0.4) is 0 Å². The zero-order valence-corrected chi connectivity index (χ0v) is 10.3. The van der Waals surface area contributed by atoms with Crippen molar-refractivity contribution in [2.75, 3.05) is 12.4 Å². The third-order valence-electron chi connectivity index (χ3n) is 1.92. The molecule has 0 N–H and O–H groups in total. The number of hydrogen-bond donors (Lipinski definition) is 0. The lowest BCUT2D eigenvalue weighted by molar-refractivity contribution is 0.0588. The number of allylic oxidation sites excluding steroid dienone is 1. The van der Waals surface area contributed by atoms with Gasteiger partial charge in [-0.05, 0) is 6.42 Å². The number of halogens is 1. The Morgan fingerprint density at radius 3 is 3.07 bits per heavy atom. The average Bonchev–Trinajstić information content (AvgIpc) is 2.59. The Balaban J connectivity index is 2.93. The molecule has 0 aliphatic carbocycles. The van der Waals surface area contributed by atoms with Crippen LogP contribution in [0.1, 0.15) is 22.5 Å². The van der Waals surface area contributed by atoms with Crippen LogP contribution in [0.2, 0.25) is 0 Å². The summed E-state index contributed by atoms with van der Waals surface area (Å²) in [6.45, 7) is 0. The number of carbonyl (C=O) groups is 1. The second kappa shape index (κ2) is 5.70. The van der Waals surface area contributed by atoms with Gasteiger partial charge in [0, 0.05) is 17.9 Å². The van der Waals surface area contributed by atoms with Crippen molar-refractivity contribution in [3.05, 3.63) is 23.5 Å². The predicted octanol–water partition coefficient (Wildman–Crippen LogP) is 2.00. The van der Waals surface area contributed by atoms with Crippen LogP contribution in [0.15, 0.2) is 12.3 Å². The highest BCUT2D eigenvalue weighted by Crippen LogP contribution is 2.11. The Labute approximate surface area is 97.0 Å². The lowest BCUT2D eigenvalue weighted by Gasteiger charge is -2.00. The Hall–Kier alpha value is -1.10. The van der Waals surface area contributed by atoms with Gasteiger partial charge in [0.25, 0.3) is 0 Å². The molecule has 4 nitrogen and oxygen atoms in total. The first-order chi connectivity index (χ1) is 7.20. The van der Waals surface area contributed by atoms with E-state index >= 15 is 0 Å². The lowest BCUT2D eigenvalue weighted by atomic mass is 10.2. The number of aryl methyl sites for hydroxylation is 1. The first-order valence-electron chi connectivity index (χ1n) is 4.53. The second-order valence-corrected chi connectivity index (χ2v) is 3.74. The smallest absolute Gasteiger partial charge is 0.356 e. The number of rotatable bonds is 4. The summed E-state index contributed by atoms with van der Waals surface area (Å²) in [6, 6.07) is 0. The SMILES string of the molecule is COC(=O)c1c(C=CCCBr)cnn1C. The first kappa shape index (κ1) is 12.0. The quantitative estimate of drug-likeness (QED) is 0.622. The van der Waals surface area contributed by atoms with E-state index in [1.165, 1.54) is 11.8 Å². The molecule has 0 radical (unpaired) electrons. The molecule has 0 aliphatic heterocycles. The number of methoxy groups -OCH3 is 1. The van der Waals surface area contributed by atoms with E-state index in [2.05, 4.69) is 25.8 Å². The van der Waals surface area contributed by atoms with Crippen LogP contribution >= 0.6 is 15.9 Å². The molecule has 1 rings (SSSR count). The molecule has 0 aromatic carbocycles. The summed E-state index contributed by atoms with van der Waals surface area (Å²) in [7, 11) is 3.08. The van der Waals surface area contributed by atoms with Crippen LogP contribution in [0, 0.1) is 0 Å². The van der Waals surface area contributed by atoms with Gasteiger partial charge in [-0.25, -0.2) is 4.79 Å². The van der Waals surface area contributed by atoms with E-state index in [-0.39, 0.29) is 5.97 Å². The van der Waals surface area contributed by atoms with Gasteiger partial charge >= 0.3 is 5.97 Å². The van der Waals surface area contributed by atoms with Gasteiger partial charge in [0.15, 0.2) is 5.69 Å². The molecule has 0 saturated carbocycles. The van der Waals surface area contributed by atoms with E-state index in [9.17, 15) is 4.79 Å². The second-order valence-electron chi connectivity index (χ2n) is 2.94. The number of alkyl halides is 1. The fourth-order valence-corrected chi connectivity index (χ4v) is 1.46. The fourth-order valence-electron chi connectivity index (χ4n) is 1.20. The van der Waals surface area contributed by atoms with Gasteiger partial charge in [-0.1, -0.05) is 28.1 Å². The van der Waals surface area contributed by atoms with E-state index in [4.69, 9.17) is 0 Å². The van der Waals surface area contributed by atoms with E-state index in [0.29, 0.717) is 5.69 Å². The molecule has 0 saturated heterocycles. The zero-order valence-electron chi connectivity index (χ0n) is 8.74. The van der Waals surface area contributed by atoms with Crippen LogP contribution in [-0.2, 0) is 11.8 Å². The Bertz CT molecular complexity index is 371. The summed E-state index contributed by atoms with van der Waals surface area (Å²) < 4.78 is 6.19. The van der Waals surface area contributed by atoms with Crippen molar-refractivity contribution in [1.82, 2.24) is 9.78 Å². The summed E-state index contributed by atoms with van der Waals surface area (Å²) in [4.78, 5) is 11.4.